The van der Waals surface area contributed by atoms with Gasteiger partial charge in [-0.15, -0.1) is 0 Å². The van der Waals surface area contributed by atoms with Crippen molar-refractivity contribution in [3.63, 3.8) is 0 Å². The summed E-state index contributed by atoms with van der Waals surface area (Å²) in [5.41, 5.74) is 4.27. The zero-order valence-corrected chi connectivity index (χ0v) is 9.73. The first-order chi connectivity index (χ1) is 7.88. The van der Waals surface area contributed by atoms with Gasteiger partial charge in [0, 0.05) is 18.4 Å². The molecule has 2 rings (SSSR count). The molecule has 1 atom stereocenters. The smallest absolute Gasteiger partial charge is 0.0270 e. The van der Waals surface area contributed by atoms with Crippen LogP contribution in [0.3, 0.4) is 0 Å². The fraction of sp³-hybridized carbons (Fsp3) is 0.615. The number of nitrogens with zero attached hydrogens (tertiary/aromatic N) is 1. The molecule has 1 aliphatic rings. The Labute approximate surface area is 97.4 Å². The maximum Gasteiger partial charge on any atom is 0.0270 e. The molecule has 1 fully saturated rings. The molecule has 1 aromatic rings. The van der Waals surface area contributed by atoms with Crippen molar-refractivity contribution in [2.45, 2.75) is 44.6 Å². The molecule has 1 aromatic heterocycles. The molecule has 3 heteroatoms. The van der Waals surface area contributed by atoms with Crippen molar-refractivity contribution >= 4 is 0 Å². The molecule has 1 saturated carbocycles. The molecule has 0 aromatic carbocycles. The summed E-state index contributed by atoms with van der Waals surface area (Å²) >= 11 is 0. The van der Waals surface area contributed by atoms with Crippen molar-refractivity contribution in [1.29, 1.82) is 0 Å². The van der Waals surface area contributed by atoms with Gasteiger partial charge in [-0.3, -0.25) is 16.3 Å². The molecule has 0 saturated heterocycles. The first kappa shape index (κ1) is 11.6. The lowest BCUT2D eigenvalue weighted by molar-refractivity contribution is 0.389. The topological polar surface area (TPSA) is 50.9 Å². The van der Waals surface area contributed by atoms with E-state index in [4.69, 9.17) is 5.84 Å². The second-order valence-electron chi connectivity index (χ2n) is 4.81. The Kier molecular flexibility index (Phi) is 4.31. The van der Waals surface area contributed by atoms with Gasteiger partial charge in [0.1, 0.15) is 0 Å². The molecule has 1 heterocycles. The van der Waals surface area contributed by atoms with Crippen molar-refractivity contribution in [1.82, 2.24) is 10.4 Å². The van der Waals surface area contributed by atoms with E-state index in [0.29, 0.717) is 6.04 Å². The normalized spacial score (nSPS) is 18.8. The highest BCUT2D eigenvalue weighted by atomic mass is 15.2. The minimum Gasteiger partial charge on any atom is -0.271 e. The molecule has 16 heavy (non-hydrogen) atoms. The van der Waals surface area contributed by atoms with Gasteiger partial charge in [0.2, 0.25) is 0 Å². The number of rotatable bonds is 5. The molecule has 0 radical (unpaired) electrons. The second-order valence-corrected chi connectivity index (χ2v) is 4.81. The van der Waals surface area contributed by atoms with Gasteiger partial charge in [-0.2, -0.15) is 0 Å². The van der Waals surface area contributed by atoms with Crippen LogP contribution in [0.1, 0.15) is 37.7 Å². The third-order valence-corrected chi connectivity index (χ3v) is 3.56. The number of hydrogen-bond acceptors (Lipinski definition) is 3. The summed E-state index contributed by atoms with van der Waals surface area (Å²) in [4.78, 5) is 4.03. The number of hydrazine groups is 1. The molecular weight excluding hydrogens is 198 g/mol. The summed E-state index contributed by atoms with van der Waals surface area (Å²) in [6, 6.07) is 4.54. The highest BCUT2D eigenvalue weighted by Crippen LogP contribution is 2.29. The summed E-state index contributed by atoms with van der Waals surface area (Å²) in [6.45, 7) is 0. The lowest BCUT2D eigenvalue weighted by atomic mass is 9.95. The Morgan fingerprint density at radius 1 is 1.31 bits per heavy atom. The van der Waals surface area contributed by atoms with Crippen LogP contribution in [0.5, 0.6) is 0 Å². The molecule has 0 spiro atoms. The zero-order valence-electron chi connectivity index (χ0n) is 9.73. The van der Waals surface area contributed by atoms with E-state index in [-0.39, 0.29) is 0 Å². The molecule has 0 aliphatic heterocycles. The van der Waals surface area contributed by atoms with Crippen LogP contribution in [-0.4, -0.2) is 11.0 Å². The predicted molar refractivity (Wildman–Crippen MR) is 65.6 cm³/mol. The molecule has 3 N–H and O–H groups in total. The average molecular weight is 219 g/mol. The van der Waals surface area contributed by atoms with Crippen LogP contribution in [-0.2, 0) is 6.42 Å². The number of aromatic nitrogens is 1. The van der Waals surface area contributed by atoms with E-state index >= 15 is 0 Å². The van der Waals surface area contributed by atoms with Gasteiger partial charge < -0.3 is 0 Å². The third-order valence-electron chi connectivity index (χ3n) is 3.56. The van der Waals surface area contributed by atoms with Gasteiger partial charge in [-0.25, -0.2) is 0 Å². The van der Waals surface area contributed by atoms with E-state index < -0.39 is 0 Å². The van der Waals surface area contributed by atoms with Crippen LogP contribution < -0.4 is 11.3 Å². The highest BCUT2D eigenvalue weighted by molar-refractivity contribution is 5.11. The van der Waals surface area contributed by atoms with Crippen LogP contribution in [0, 0.1) is 5.92 Å². The molecule has 1 unspecified atom stereocenters. The van der Waals surface area contributed by atoms with E-state index in [1.54, 1.807) is 0 Å². The third kappa shape index (κ3) is 3.29. The van der Waals surface area contributed by atoms with E-state index in [2.05, 4.69) is 22.5 Å². The Balaban J connectivity index is 1.85. The number of pyridine rings is 1. The van der Waals surface area contributed by atoms with Crippen molar-refractivity contribution < 1.29 is 0 Å². The van der Waals surface area contributed by atoms with Crippen molar-refractivity contribution in [3.8, 4) is 0 Å². The average Bonchev–Trinajstić information content (AvgIpc) is 2.82. The number of hydrogen-bond donors (Lipinski definition) is 2. The highest BCUT2D eigenvalue weighted by Gasteiger charge is 2.19. The maximum absolute atomic E-state index is 5.63. The van der Waals surface area contributed by atoms with E-state index in [1.807, 2.05) is 12.4 Å². The molecule has 0 amide bonds. The molecular formula is C13H21N3. The quantitative estimate of drug-likeness (QED) is 0.588. The lowest BCUT2D eigenvalue weighted by Gasteiger charge is -2.19. The number of nitrogens with one attached hydrogen (secondary N) is 1. The minimum absolute atomic E-state index is 0.408. The first-order valence-corrected chi connectivity index (χ1v) is 6.23. The van der Waals surface area contributed by atoms with Crippen molar-refractivity contribution in [3.05, 3.63) is 30.1 Å². The summed E-state index contributed by atoms with van der Waals surface area (Å²) < 4.78 is 0. The number of nitrogens with two attached hydrogens (primary N) is 1. The summed E-state index contributed by atoms with van der Waals surface area (Å²) in [7, 11) is 0. The van der Waals surface area contributed by atoms with Gasteiger partial charge in [0.15, 0.2) is 0 Å². The maximum atomic E-state index is 5.63. The monoisotopic (exact) mass is 219 g/mol. The fourth-order valence-electron chi connectivity index (χ4n) is 2.66. The van der Waals surface area contributed by atoms with Crippen LogP contribution in [0.25, 0.3) is 0 Å². The summed E-state index contributed by atoms with van der Waals surface area (Å²) in [6.07, 6.45) is 11.5. The van der Waals surface area contributed by atoms with Crippen molar-refractivity contribution in [2.24, 2.45) is 11.8 Å². The van der Waals surface area contributed by atoms with Crippen LogP contribution in [0.2, 0.25) is 0 Å². The SMILES string of the molecule is NNC(Cc1ccncc1)CC1CCCC1. The molecule has 88 valence electrons. The predicted octanol–water partition coefficient (Wildman–Crippen LogP) is 2.04. The van der Waals surface area contributed by atoms with Crippen LogP contribution >= 0.6 is 0 Å². The fourth-order valence-corrected chi connectivity index (χ4v) is 2.66. The van der Waals surface area contributed by atoms with Crippen molar-refractivity contribution in [2.75, 3.05) is 0 Å². The Bertz CT molecular complexity index is 293. The Morgan fingerprint density at radius 3 is 2.62 bits per heavy atom. The molecule has 3 nitrogen and oxygen atoms in total. The zero-order chi connectivity index (χ0) is 11.2. The van der Waals surface area contributed by atoms with Gasteiger partial charge in [-0.05, 0) is 36.5 Å². The summed E-state index contributed by atoms with van der Waals surface area (Å²) in [5.74, 6) is 6.51. The Hall–Kier alpha value is -0.930. The molecule has 1 aliphatic carbocycles. The van der Waals surface area contributed by atoms with Gasteiger partial charge >= 0.3 is 0 Å². The van der Waals surface area contributed by atoms with Crippen LogP contribution in [0.15, 0.2) is 24.5 Å². The van der Waals surface area contributed by atoms with E-state index in [0.717, 1.165) is 12.3 Å². The standard InChI is InChI=1S/C13H21N3/c14-16-13(9-11-3-1-2-4-11)10-12-5-7-15-8-6-12/h5-8,11,13,16H,1-4,9-10,14H2. The molecule has 0 bridgehead atoms. The van der Waals surface area contributed by atoms with E-state index in [1.165, 1.54) is 37.7 Å². The van der Waals surface area contributed by atoms with Gasteiger partial charge in [-0.1, -0.05) is 25.7 Å². The first-order valence-electron chi connectivity index (χ1n) is 6.23. The largest absolute Gasteiger partial charge is 0.271 e. The Morgan fingerprint density at radius 2 is 2.00 bits per heavy atom. The van der Waals surface area contributed by atoms with Gasteiger partial charge in [0.25, 0.3) is 0 Å². The van der Waals surface area contributed by atoms with Gasteiger partial charge in [0.05, 0.1) is 0 Å². The minimum atomic E-state index is 0.408. The summed E-state index contributed by atoms with van der Waals surface area (Å²) in [5, 5.41) is 0. The lowest BCUT2D eigenvalue weighted by Crippen LogP contribution is -2.38. The second kappa shape index (κ2) is 5.97. The van der Waals surface area contributed by atoms with E-state index in [9.17, 15) is 0 Å². The van der Waals surface area contributed by atoms with Crippen LogP contribution in [0.4, 0.5) is 0 Å².